The van der Waals surface area contributed by atoms with Crippen LogP contribution in [0.4, 0.5) is 0 Å². The predicted octanol–water partition coefficient (Wildman–Crippen LogP) is 1.33. The summed E-state index contributed by atoms with van der Waals surface area (Å²) in [6.07, 6.45) is 4.52. The number of carbonyl (C=O) groups is 1. The van der Waals surface area contributed by atoms with Gasteiger partial charge < -0.3 is 19.6 Å². The number of carboxylic acid groups (broad SMARTS) is 1. The lowest BCUT2D eigenvalue weighted by Crippen LogP contribution is -2.41. The molecule has 0 aromatic heterocycles. The molecular weight excluding hydrogens is 410 g/mol. The number of ether oxygens (including phenoxy) is 1. The highest BCUT2D eigenvalue weighted by molar-refractivity contribution is 6.01. The number of hydrogen-bond acceptors (Lipinski definition) is 8. The summed E-state index contributed by atoms with van der Waals surface area (Å²) < 4.78 is 5.41. The van der Waals surface area contributed by atoms with Crippen LogP contribution in [-0.2, 0) is 14.4 Å². The zero-order valence-corrected chi connectivity index (χ0v) is 18.7. The smallest absolute Gasteiger partial charge is 0.329 e. The van der Waals surface area contributed by atoms with Crippen LogP contribution in [0.1, 0.15) is 30.4 Å². The molecule has 4 rings (SSSR count). The van der Waals surface area contributed by atoms with E-state index in [0.29, 0.717) is 0 Å². The van der Waals surface area contributed by atoms with E-state index >= 15 is 0 Å². The van der Waals surface area contributed by atoms with Crippen molar-refractivity contribution in [1.82, 2.24) is 14.8 Å². The molecule has 174 valence electrons. The highest BCUT2D eigenvalue weighted by Crippen LogP contribution is 2.20. The van der Waals surface area contributed by atoms with E-state index in [1.54, 1.807) is 0 Å². The largest absolute Gasteiger partial charge is 0.480 e. The second kappa shape index (κ2) is 10.9. The lowest BCUT2D eigenvalue weighted by molar-refractivity contribution is -0.145. The van der Waals surface area contributed by atoms with Crippen LogP contribution in [0.5, 0.6) is 0 Å². The average Bonchev–Trinajstić information content (AvgIpc) is 3.27. The van der Waals surface area contributed by atoms with Gasteiger partial charge in [0.05, 0.1) is 18.0 Å². The van der Waals surface area contributed by atoms with Gasteiger partial charge in [-0.05, 0) is 31.0 Å². The summed E-state index contributed by atoms with van der Waals surface area (Å²) in [4.78, 5) is 21.0. The van der Waals surface area contributed by atoms with Crippen LogP contribution >= 0.6 is 0 Å². The second-order valence-electron chi connectivity index (χ2n) is 8.80. The molecule has 1 aromatic carbocycles. The molecule has 1 aromatic rings. The Bertz CT molecular complexity index is 812. The SMILES string of the molecule is CN1CCN(N=Cc2ccc(C3=NOC(CN4CCC(OCC(=O)O)CC4)C3)cc2)CC1. The Kier molecular flexibility index (Phi) is 7.72. The van der Waals surface area contributed by atoms with E-state index in [-0.39, 0.29) is 18.8 Å². The van der Waals surface area contributed by atoms with Gasteiger partial charge in [0.15, 0.2) is 0 Å². The zero-order valence-electron chi connectivity index (χ0n) is 18.7. The third-order valence-electron chi connectivity index (χ3n) is 6.27. The van der Waals surface area contributed by atoms with E-state index in [1.165, 1.54) is 0 Å². The van der Waals surface area contributed by atoms with Gasteiger partial charge in [0, 0.05) is 52.2 Å². The van der Waals surface area contributed by atoms with Crippen LogP contribution in [0, 0.1) is 0 Å². The average molecular weight is 444 g/mol. The number of oxime groups is 1. The minimum Gasteiger partial charge on any atom is -0.480 e. The number of piperazine rings is 1. The summed E-state index contributed by atoms with van der Waals surface area (Å²) >= 11 is 0. The molecule has 1 atom stereocenters. The van der Waals surface area contributed by atoms with Gasteiger partial charge in [0.2, 0.25) is 0 Å². The quantitative estimate of drug-likeness (QED) is 0.606. The minimum atomic E-state index is -0.910. The Labute approximate surface area is 189 Å². The first kappa shape index (κ1) is 22.7. The molecule has 0 amide bonds. The maximum Gasteiger partial charge on any atom is 0.329 e. The lowest BCUT2D eigenvalue weighted by Gasteiger charge is -2.32. The molecule has 2 saturated heterocycles. The third kappa shape index (κ3) is 6.51. The fourth-order valence-corrected chi connectivity index (χ4v) is 4.25. The van der Waals surface area contributed by atoms with Crippen LogP contribution < -0.4 is 0 Å². The van der Waals surface area contributed by atoms with E-state index in [9.17, 15) is 4.79 Å². The fourth-order valence-electron chi connectivity index (χ4n) is 4.25. The molecule has 2 fully saturated rings. The number of hydrazone groups is 1. The van der Waals surface area contributed by atoms with E-state index in [2.05, 4.69) is 56.4 Å². The molecule has 0 spiro atoms. The first-order valence-electron chi connectivity index (χ1n) is 11.4. The molecule has 0 aliphatic carbocycles. The number of nitrogens with zero attached hydrogens (tertiary/aromatic N) is 5. The molecule has 9 nitrogen and oxygen atoms in total. The van der Waals surface area contributed by atoms with Crippen molar-refractivity contribution in [3.05, 3.63) is 35.4 Å². The maximum atomic E-state index is 10.6. The van der Waals surface area contributed by atoms with Gasteiger partial charge in [-0.2, -0.15) is 5.10 Å². The van der Waals surface area contributed by atoms with E-state index in [1.807, 2.05) is 6.21 Å². The summed E-state index contributed by atoms with van der Waals surface area (Å²) in [5.41, 5.74) is 3.15. The first-order chi connectivity index (χ1) is 15.5. The van der Waals surface area contributed by atoms with Gasteiger partial charge in [0.1, 0.15) is 12.7 Å². The molecule has 32 heavy (non-hydrogen) atoms. The van der Waals surface area contributed by atoms with Gasteiger partial charge in [-0.15, -0.1) is 0 Å². The number of benzene rings is 1. The summed E-state index contributed by atoms with van der Waals surface area (Å²) in [5.74, 6) is -0.910. The van der Waals surface area contributed by atoms with E-state index in [0.717, 1.165) is 81.9 Å². The van der Waals surface area contributed by atoms with Gasteiger partial charge in [0.25, 0.3) is 0 Å². The molecular formula is C23H33N5O4. The Morgan fingerprint density at radius 3 is 2.59 bits per heavy atom. The fraction of sp³-hybridized carbons (Fsp3) is 0.609. The third-order valence-corrected chi connectivity index (χ3v) is 6.27. The molecule has 1 N–H and O–H groups in total. The van der Waals surface area contributed by atoms with Crippen LogP contribution in [0.15, 0.2) is 34.5 Å². The van der Waals surface area contributed by atoms with Crippen LogP contribution in [-0.4, -0.2) is 109 Å². The number of carboxylic acids is 1. The molecule has 9 heteroatoms. The zero-order chi connectivity index (χ0) is 22.3. The van der Waals surface area contributed by atoms with E-state index in [4.69, 9.17) is 14.7 Å². The standard InChI is InChI=1S/C23H33N5O4/c1-26-10-12-28(13-11-26)24-15-18-2-4-19(5-3-18)22-14-21(32-25-22)16-27-8-6-20(7-9-27)31-17-23(29)30/h2-5,15,20-21H,6-14,16-17H2,1H3,(H,29,30). The van der Waals surface area contributed by atoms with Crippen LogP contribution in [0.25, 0.3) is 0 Å². The summed E-state index contributed by atoms with van der Waals surface area (Å²) in [6, 6.07) is 8.32. The Hall–Kier alpha value is -2.49. The first-order valence-corrected chi connectivity index (χ1v) is 11.4. The van der Waals surface area contributed by atoms with Crippen molar-refractivity contribution in [2.75, 3.05) is 59.5 Å². The van der Waals surface area contributed by atoms with Crippen LogP contribution in [0.2, 0.25) is 0 Å². The lowest BCUT2D eigenvalue weighted by atomic mass is 10.0. The van der Waals surface area contributed by atoms with Gasteiger partial charge >= 0.3 is 5.97 Å². The van der Waals surface area contributed by atoms with Gasteiger partial charge in [-0.1, -0.05) is 29.4 Å². The topological polar surface area (TPSA) is 90.2 Å². The Morgan fingerprint density at radius 2 is 1.91 bits per heavy atom. The molecule has 0 radical (unpaired) electrons. The molecule has 3 heterocycles. The number of piperidine rings is 1. The molecule has 3 aliphatic rings. The molecule has 0 bridgehead atoms. The monoisotopic (exact) mass is 443 g/mol. The number of likely N-dealkylation sites (tertiary alicyclic amines) is 1. The van der Waals surface area contributed by atoms with Gasteiger partial charge in [-0.25, -0.2) is 4.79 Å². The number of likely N-dealkylation sites (N-methyl/N-ethyl adjacent to an activating group) is 1. The van der Waals surface area contributed by atoms with Crippen molar-refractivity contribution in [2.45, 2.75) is 31.5 Å². The van der Waals surface area contributed by atoms with Gasteiger partial charge in [-0.3, -0.25) is 9.91 Å². The van der Waals surface area contributed by atoms with Crippen molar-refractivity contribution in [3.63, 3.8) is 0 Å². The van der Waals surface area contributed by atoms with Crippen LogP contribution in [0.3, 0.4) is 0 Å². The molecule has 1 unspecified atom stereocenters. The predicted molar refractivity (Wildman–Crippen MR) is 122 cm³/mol. The van der Waals surface area contributed by atoms with Crippen molar-refractivity contribution in [3.8, 4) is 0 Å². The Morgan fingerprint density at radius 1 is 1.19 bits per heavy atom. The second-order valence-corrected chi connectivity index (χ2v) is 8.80. The highest BCUT2D eigenvalue weighted by Gasteiger charge is 2.27. The minimum absolute atomic E-state index is 0.0389. The van der Waals surface area contributed by atoms with Crippen molar-refractivity contribution < 1.29 is 19.5 Å². The number of hydrogen-bond donors (Lipinski definition) is 1. The van der Waals surface area contributed by atoms with Crippen molar-refractivity contribution >= 4 is 17.9 Å². The van der Waals surface area contributed by atoms with Crippen molar-refractivity contribution in [1.29, 1.82) is 0 Å². The molecule has 0 saturated carbocycles. The maximum absolute atomic E-state index is 10.6. The van der Waals surface area contributed by atoms with Crippen molar-refractivity contribution in [2.24, 2.45) is 10.3 Å². The normalized spacial score (nSPS) is 23.5. The number of aliphatic carboxylic acids is 1. The summed E-state index contributed by atoms with van der Waals surface area (Å²) in [5, 5.41) is 19.8. The highest BCUT2D eigenvalue weighted by atomic mass is 16.6. The Balaban J connectivity index is 1.19. The molecule has 3 aliphatic heterocycles. The number of rotatable bonds is 8. The summed E-state index contributed by atoms with van der Waals surface area (Å²) in [6.45, 7) is 6.42. The van der Waals surface area contributed by atoms with E-state index < -0.39 is 5.97 Å². The summed E-state index contributed by atoms with van der Waals surface area (Å²) in [7, 11) is 2.14.